The summed E-state index contributed by atoms with van der Waals surface area (Å²) in [6.07, 6.45) is 3.28. The number of hydrogen-bond donors (Lipinski definition) is 1. The Morgan fingerprint density at radius 3 is 2.67 bits per heavy atom. The van der Waals surface area contributed by atoms with Gasteiger partial charge in [0.25, 0.3) is 0 Å². The summed E-state index contributed by atoms with van der Waals surface area (Å²) in [4.78, 5) is 20.7. The quantitative estimate of drug-likeness (QED) is 0.245. The van der Waals surface area contributed by atoms with Crippen molar-refractivity contribution in [2.24, 2.45) is 0 Å². The van der Waals surface area contributed by atoms with Crippen molar-refractivity contribution in [1.82, 2.24) is 20.2 Å². The average Bonchev–Trinajstić information content (AvgIpc) is 3.29. The number of hydrogen-bond acceptors (Lipinski definition) is 10. The first kappa shape index (κ1) is 23.0. The van der Waals surface area contributed by atoms with E-state index in [2.05, 4.69) is 25.5 Å². The maximum atomic E-state index is 12.1. The van der Waals surface area contributed by atoms with Crippen LogP contribution < -0.4 is 10.1 Å². The Kier molecular flexibility index (Phi) is 7.71. The third kappa shape index (κ3) is 6.64. The van der Waals surface area contributed by atoms with Gasteiger partial charge in [-0.05, 0) is 36.4 Å². The number of benzene rings is 2. The van der Waals surface area contributed by atoms with E-state index in [4.69, 9.17) is 21.1 Å². The Bertz CT molecular complexity index is 1220. The molecule has 0 aliphatic rings. The fraction of sp³-hybridized carbons (Fsp3) is 0.136. The highest BCUT2D eigenvalue weighted by Crippen LogP contribution is 2.28. The van der Waals surface area contributed by atoms with E-state index < -0.39 is 0 Å². The smallest absolute Gasteiger partial charge is 0.316 e. The van der Waals surface area contributed by atoms with Crippen molar-refractivity contribution in [2.75, 3.05) is 18.2 Å². The van der Waals surface area contributed by atoms with Gasteiger partial charge in [0.15, 0.2) is 10.2 Å². The molecule has 0 bridgehead atoms. The van der Waals surface area contributed by atoms with Crippen LogP contribution in [0, 0.1) is 0 Å². The first-order valence-corrected chi connectivity index (χ1v) is 11.9. The SMILES string of the molecule is COc1cccc(Nc2nnc(SCC(=O)OCc3cnc(-c4ccc(Cl)cc4)nc3)s2)c1. The van der Waals surface area contributed by atoms with E-state index in [1.54, 1.807) is 31.6 Å². The summed E-state index contributed by atoms with van der Waals surface area (Å²) >= 11 is 8.52. The van der Waals surface area contributed by atoms with Crippen molar-refractivity contribution in [3.63, 3.8) is 0 Å². The molecule has 0 radical (unpaired) electrons. The van der Waals surface area contributed by atoms with Gasteiger partial charge in [0.2, 0.25) is 5.13 Å². The highest BCUT2D eigenvalue weighted by molar-refractivity contribution is 8.01. The first-order chi connectivity index (χ1) is 16.1. The first-order valence-electron chi connectivity index (χ1n) is 9.69. The molecule has 168 valence electrons. The number of ether oxygens (including phenoxy) is 2. The lowest BCUT2D eigenvalue weighted by Gasteiger charge is -2.05. The van der Waals surface area contributed by atoms with E-state index in [-0.39, 0.29) is 18.3 Å². The molecule has 4 aromatic rings. The van der Waals surface area contributed by atoms with Crippen LogP contribution in [0.25, 0.3) is 11.4 Å². The molecule has 33 heavy (non-hydrogen) atoms. The molecule has 2 aromatic heterocycles. The number of methoxy groups -OCH3 is 1. The minimum atomic E-state index is -0.362. The van der Waals surface area contributed by atoms with Crippen LogP contribution in [0.2, 0.25) is 5.02 Å². The number of nitrogens with zero attached hydrogens (tertiary/aromatic N) is 4. The van der Waals surface area contributed by atoms with Crippen molar-refractivity contribution < 1.29 is 14.3 Å². The van der Waals surface area contributed by atoms with Crippen LogP contribution >= 0.6 is 34.7 Å². The number of esters is 1. The third-order valence-corrected chi connectivity index (χ3v) is 6.45. The normalized spacial score (nSPS) is 10.6. The van der Waals surface area contributed by atoms with E-state index in [1.807, 2.05) is 36.4 Å². The second-order valence-electron chi connectivity index (χ2n) is 6.60. The van der Waals surface area contributed by atoms with Crippen LogP contribution in [-0.2, 0) is 16.1 Å². The fourth-order valence-corrected chi connectivity index (χ4v) is 4.34. The average molecular weight is 500 g/mol. The molecule has 1 N–H and O–H groups in total. The Hall–Kier alpha value is -3.21. The van der Waals surface area contributed by atoms with Gasteiger partial charge in [-0.2, -0.15) is 0 Å². The zero-order valence-electron chi connectivity index (χ0n) is 17.4. The van der Waals surface area contributed by atoms with E-state index in [9.17, 15) is 4.79 Å². The number of halogens is 1. The molecular weight excluding hydrogens is 482 g/mol. The number of aromatic nitrogens is 4. The third-order valence-electron chi connectivity index (χ3n) is 4.25. The van der Waals surface area contributed by atoms with E-state index in [1.165, 1.54) is 23.1 Å². The number of nitrogens with one attached hydrogen (secondary N) is 1. The van der Waals surface area contributed by atoms with Crippen LogP contribution in [0.1, 0.15) is 5.56 Å². The van der Waals surface area contributed by atoms with Crippen molar-refractivity contribution in [1.29, 1.82) is 0 Å². The highest BCUT2D eigenvalue weighted by atomic mass is 35.5. The minimum absolute atomic E-state index is 0.0963. The number of rotatable bonds is 9. The lowest BCUT2D eigenvalue weighted by atomic mass is 10.2. The summed E-state index contributed by atoms with van der Waals surface area (Å²) in [6, 6.07) is 14.8. The van der Waals surface area contributed by atoms with E-state index in [0.29, 0.717) is 25.9 Å². The van der Waals surface area contributed by atoms with Crippen LogP contribution in [0.15, 0.2) is 65.3 Å². The number of anilines is 2. The fourth-order valence-electron chi connectivity index (χ4n) is 2.65. The standard InChI is InChI=1S/C22H18ClN5O3S2/c1-30-18-4-2-3-17(9-18)26-21-27-28-22(33-21)32-13-19(29)31-12-14-10-24-20(25-11-14)15-5-7-16(23)8-6-15/h2-11H,12-13H2,1H3,(H,26,27). The number of carbonyl (C=O) groups is 1. The summed E-state index contributed by atoms with van der Waals surface area (Å²) in [6.45, 7) is 0.0963. The van der Waals surface area contributed by atoms with Gasteiger partial charge < -0.3 is 14.8 Å². The molecule has 0 atom stereocenters. The summed E-state index contributed by atoms with van der Waals surface area (Å²) in [5, 5.41) is 12.6. The Labute approximate surface area is 203 Å². The summed E-state index contributed by atoms with van der Waals surface area (Å²) in [7, 11) is 1.61. The monoisotopic (exact) mass is 499 g/mol. The number of carbonyl (C=O) groups excluding carboxylic acids is 1. The van der Waals surface area contributed by atoms with Gasteiger partial charge >= 0.3 is 5.97 Å². The summed E-state index contributed by atoms with van der Waals surface area (Å²) < 4.78 is 11.2. The van der Waals surface area contributed by atoms with Crippen molar-refractivity contribution in [2.45, 2.75) is 10.9 Å². The Balaban J connectivity index is 1.23. The summed E-state index contributed by atoms with van der Waals surface area (Å²) in [5.74, 6) is 1.08. The lowest BCUT2D eigenvalue weighted by Crippen LogP contribution is -2.07. The second kappa shape index (κ2) is 11.1. The van der Waals surface area contributed by atoms with Gasteiger partial charge in [0.05, 0.1) is 12.9 Å². The van der Waals surface area contributed by atoms with Gasteiger partial charge in [0, 0.05) is 40.3 Å². The van der Waals surface area contributed by atoms with Crippen LogP contribution in [-0.4, -0.2) is 39.0 Å². The van der Waals surface area contributed by atoms with Gasteiger partial charge in [-0.25, -0.2) is 9.97 Å². The van der Waals surface area contributed by atoms with Crippen LogP contribution in [0.4, 0.5) is 10.8 Å². The van der Waals surface area contributed by atoms with Crippen molar-refractivity contribution in [3.8, 4) is 17.1 Å². The minimum Gasteiger partial charge on any atom is -0.497 e. The molecule has 2 aromatic carbocycles. The lowest BCUT2D eigenvalue weighted by molar-refractivity contribution is -0.141. The Morgan fingerprint density at radius 2 is 1.91 bits per heavy atom. The Morgan fingerprint density at radius 1 is 1.12 bits per heavy atom. The second-order valence-corrected chi connectivity index (χ2v) is 9.24. The van der Waals surface area contributed by atoms with E-state index >= 15 is 0 Å². The zero-order chi connectivity index (χ0) is 23.0. The molecule has 2 heterocycles. The highest BCUT2D eigenvalue weighted by Gasteiger charge is 2.10. The van der Waals surface area contributed by atoms with Crippen molar-refractivity contribution >= 4 is 51.5 Å². The van der Waals surface area contributed by atoms with Gasteiger partial charge in [-0.3, -0.25) is 4.79 Å². The molecular formula is C22H18ClN5O3S2. The maximum Gasteiger partial charge on any atom is 0.316 e. The van der Waals surface area contributed by atoms with Gasteiger partial charge in [-0.1, -0.05) is 40.8 Å². The molecule has 11 heteroatoms. The zero-order valence-corrected chi connectivity index (χ0v) is 19.8. The molecule has 0 spiro atoms. The topological polar surface area (TPSA) is 99.1 Å². The van der Waals surface area contributed by atoms with Gasteiger partial charge in [-0.15, -0.1) is 10.2 Å². The maximum absolute atomic E-state index is 12.1. The molecule has 0 aliphatic carbocycles. The van der Waals surface area contributed by atoms with Crippen molar-refractivity contribution in [3.05, 3.63) is 71.5 Å². The molecule has 0 saturated heterocycles. The van der Waals surface area contributed by atoms with Crippen LogP contribution in [0.5, 0.6) is 5.75 Å². The molecule has 0 unspecified atom stereocenters. The van der Waals surface area contributed by atoms with Crippen LogP contribution in [0.3, 0.4) is 0 Å². The molecule has 0 aliphatic heterocycles. The predicted octanol–water partition coefficient (Wildman–Crippen LogP) is 5.24. The van der Waals surface area contributed by atoms with E-state index in [0.717, 1.165) is 17.0 Å². The molecule has 0 fully saturated rings. The predicted molar refractivity (Wildman–Crippen MR) is 129 cm³/mol. The largest absolute Gasteiger partial charge is 0.497 e. The summed E-state index contributed by atoms with van der Waals surface area (Å²) in [5.41, 5.74) is 2.40. The van der Waals surface area contributed by atoms with Gasteiger partial charge in [0.1, 0.15) is 12.4 Å². The molecule has 0 amide bonds. The number of thioether (sulfide) groups is 1. The molecule has 8 nitrogen and oxygen atoms in total. The molecule has 0 saturated carbocycles. The molecule has 4 rings (SSSR count).